The molecule has 1 aliphatic rings. The summed E-state index contributed by atoms with van der Waals surface area (Å²) in [6.45, 7) is 0. The number of thioether (sulfide) groups is 1. The summed E-state index contributed by atoms with van der Waals surface area (Å²) in [5, 5.41) is 10.8. The van der Waals surface area contributed by atoms with Gasteiger partial charge in [-0.3, -0.25) is 10.1 Å². The van der Waals surface area contributed by atoms with E-state index in [0.29, 0.717) is 0 Å². The summed E-state index contributed by atoms with van der Waals surface area (Å²) in [6, 6.07) is 3.37. The summed E-state index contributed by atoms with van der Waals surface area (Å²) in [6.07, 6.45) is 0.773. The molecule has 1 fully saturated rings. The number of nitrogens with two attached hydrogens (primary N) is 1. The molecule has 0 aromatic heterocycles. The second kappa shape index (κ2) is 5.58. The van der Waals surface area contributed by atoms with Gasteiger partial charge in [0, 0.05) is 31.0 Å². The third-order valence-corrected chi connectivity index (χ3v) is 6.40. The Bertz CT molecular complexity index is 627. The first-order valence-electron chi connectivity index (χ1n) is 5.93. The molecule has 1 aliphatic heterocycles. The normalized spacial score (nSPS) is 19.4. The maximum absolute atomic E-state index is 12.5. The number of sulfonamides is 1. The van der Waals surface area contributed by atoms with Crippen LogP contribution in [0.4, 0.5) is 11.4 Å². The summed E-state index contributed by atoms with van der Waals surface area (Å²) >= 11 is 1.69. The summed E-state index contributed by atoms with van der Waals surface area (Å²) in [7, 11) is -2.33. The van der Waals surface area contributed by atoms with Crippen LogP contribution in [0.2, 0.25) is 0 Å². The molecule has 1 unspecified atom stereocenters. The van der Waals surface area contributed by atoms with Gasteiger partial charge in [0.2, 0.25) is 10.0 Å². The molecule has 0 radical (unpaired) electrons. The number of anilines is 1. The summed E-state index contributed by atoms with van der Waals surface area (Å²) < 4.78 is 26.3. The first-order valence-corrected chi connectivity index (χ1v) is 8.53. The fraction of sp³-hybridized carbons (Fsp3) is 0.455. The lowest BCUT2D eigenvalue weighted by molar-refractivity contribution is -0.385. The van der Waals surface area contributed by atoms with Crippen LogP contribution in [0.5, 0.6) is 0 Å². The summed E-state index contributed by atoms with van der Waals surface area (Å²) in [5.41, 5.74) is 5.41. The molecule has 0 bridgehead atoms. The predicted molar refractivity (Wildman–Crippen MR) is 78.2 cm³/mol. The van der Waals surface area contributed by atoms with Crippen molar-refractivity contribution in [2.24, 2.45) is 0 Å². The van der Waals surface area contributed by atoms with Crippen molar-refractivity contribution in [3.05, 3.63) is 28.3 Å². The minimum atomic E-state index is -3.82. The van der Waals surface area contributed by atoms with Gasteiger partial charge in [0.15, 0.2) is 0 Å². The van der Waals surface area contributed by atoms with Gasteiger partial charge >= 0.3 is 0 Å². The first-order chi connectivity index (χ1) is 9.34. The van der Waals surface area contributed by atoms with Crippen molar-refractivity contribution in [1.82, 2.24) is 4.31 Å². The lowest BCUT2D eigenvalue weighted by Crippen LogP contribution is -2.37. The first kappa shape index (κ1) is 15.1. The molecule has 0 saturated carbocycles. The average Bonchev–Trinajstić information content (AvgIpc) is 2.91. The summed E-state index contributed by atoms with van der Waals surface area (Å²) in [5.74, 6) is 1.64. The molecule has 1 aromatic rings. The van der Waals surface area contributed by atoms with E-state index in [4.69, 9.17) is 5.73 Å². The van der Waals surface area contributed by atoms with Crippen molar-refractivity contribution in [3.63, 3.8) is 0 Å². The van der Waals surface area contributed by atoms with Crippen LogP contribution in [-0.2, 0) is 10.0 Å². The van der Waals surface area contributed by atoms with Crippen LogP contribution in [0.25, 0.3) is 0 Å². The molecule has 2 rings (SSSR count). The highest BCUT2D eigenvalue weighted by Crippen LogP contribution is 2.30. The molecule has 9 heteroatoms. The Morgan fingerprint density at radius 2 is 2.20 bits per heavy atom. The van der Waals surface area contributed by atoms with Crippen molar-refractivity contribution in [2.75, 3.05) is 24.3 Å². The van der Waals surface area contributed by atoms with Crippen molar-refractivity contribution in [2.45, 2.75) is 17.4 Å². The molecule has 1 saturated heterocycles. The van der Waals surface area contributed by atoms with E-state index in [2.05, 4.69) is 0 Å². The van der Waals surface area contributed by atoms with E-state index in [1.165, 1.54) is 23.5 Å². The SMILES string of the molecule is CN(C1CCSC1)S(=O)(=O)c1cc([N+](=O)[O-])ccc1N. The fourth-order valence-corrected chi connectivity index (χ4v) is 4.90. The number of rotatable bonds is 4. The largest absolute Gasteiger partial charge is 0.398 e. The van der Waals surface area contributed by atoms with Crippen LogP contribution in [-0.4, -0.2) is 42.2 Å². The number of nitro groups is 1. The van der Waals surface area contributed by atoms with Gasteiger partial charge in [-0.05, 0) is 18.2 Å². The van der Waals surface area contributed by atoms with Gasteiger partial charge in [0.05, 0.1) is 10.6 Å². The molecule has 7 nitrogen and oxygen atoms in total. The highest BCUT2D eigenvalue weighted by atomic mass is 32.2. The van der Waals surface area contributed by atoms with Crippen molar-refractivity contribution in [3.8, 4) is 0 Å². The number of hydrogen-bond donors (Lipinski definition) is 1. The third-order valence-electron chi connectivity index (χ3n) is 3.28. The Morgan fingerprint density at radius 3 is 2.75 bits per heavy atom. The van der Waals surface area contributed by atoms with Gasteiger partial charge in [-0.2, -0.15) is 16.1 Å². The highest BCUT2D eigenvalue weighted by molar-refractivity contribution is 7.99. The van der Waals surface area contributed by atoms with Crippen molar-refractivity contribution >= 4 is 33.2 Å². The third kappa shape index (κ3) is 2.74. The van der Waals surface area contributed by atoms with Gasteiger partial charge in [-0.15, -0.1) is 0 Å². The quantitative estimate of drug-likeness (QED) is 0.509. The molecular weight excluding hydrogens is 302 g/mol. The number of benzene rings is 1. The monoisotopic (exact) mass is 317 g/mol. The zero-order valence-corrected chi connectivity index (χ0v) is 12.5. The van der Waals surface area contributed by atoms with Crippen molar-refractivity contribution < 1.29 is 13.3 Å². The Kier molecular flexibility index (Phi) is 4.21. The Morgan fingerprint density at radius 1 is 1.50 bits per heavy atom. The maximum atomic E-state index is 12.5. The fourth-order valence-electron chi connectivity index (χ4n) is 2.02. The minimum absolute atomic E-state index is 0.0214. The van der Waals surface area contributed by atoms with Gasteiger partial charge < -0.3 is 5.73 Å². The van der Waals surface area contributed by atoms with Crippen LogP contribution < -0.4 is 5.73 Å². The van der Waals surface area contributed by atoms with E-state index >= 15 is 0 Å². The highest BCUT2D eigenvalue weighted by Gasteiger charge is 2.32. The van der Waals surface area contributed by atoms with Crippen LogP contribution in [0.15, 0.2) is 23.1 Å². The molecule has 2 N–H and O–H groups in total. The molecule has 1 atom stereocenters. The average molecular weight is 317 g/mol. The van der Waals surface area contributed by atoms with Gasteiger partial charge in [0.1, 0.15) is 4.90 Å². The predicted octanol–water partition coefficient (Wildman–Crippen LogP) is 1.30. The lowest BCUT2D eigenvalue weighted by Gasteiger charge is -2.23. The maximum Gasteiger partial charge on any atom is 0.270 e. The molecule has 110 valence electrons. The second-order valence-corrected chi connectivity index (χ2v) is 7.63. The van der Waals surface area contributed by atoms with E-state index < -0.39 is 14.9 Å². The zero-order chi connectivity index (χ0) is 14.9. The molecular formula is C11H15N3O4S2. The van der Waals surface area contributed by atoms with Gasteiger partial charge in [-0.25, -0.2) is 8.42 Å². The number of nitrogen functional groups attached to an aromatic ring is 1. The molecule has 1 heterocycles. The summed E-state index contributed by atoms with van der Waals surface area (Å²) in [4.78, 5) is 9.93. The van der Waals surface area contributed by atoms with Gasteiger partial charge in [-0.1, -0.05) is 0 Å². The number of hydrogen-bond acceptors (Lipinski definition) is 6. The van der Waals surface area contributed by atoms with Gasteiger partial charge in [0.25, 0.3) is 5.69 Å². The van der Waals surface area contributed by atoms with Crippen LogP contribution in [0.3, 0.4) is 0 Å². The van der Waals surface area contributed by atoms with E-state index in [1.54, 1.807) is 11.8 Å². The number of nitrogens with zero attached hydrogens (tertiary/aromatic N) is 2. The van der Waals surface area contributed by atoms with Crippen LogP contribution in [0.1, 0.15) is 6.42 Å². The smallest absolute Gasteiger partial charge is 0.270 e. The molecule has 0 spiro atoms. The molecule has 0 amide bonds. The zero-order valence-electron chi connectivity index (χ0n) is 10.9. The van der Waals surface area contributed by atoms with Crippen molar-refractivity contribution in [1.29, 1.82) is 0 Å². The topological polar surface area (TPSA) is 107 Å². The number of nitro benzene ring substituents is 1. The second-order valence-electron chi connectivity index (χ2n) is 4.52. The Hall–Kier alpha value is -1.32. The van der Waals surface area contributed by atoms with E-state index in [0.717, 1.165) is 24.0 Å². The van der Waals surface area contributed by atoms with E-state index in [9.17, 15) is 18.5 Å². The van der Waals surface area contributed by atoms with Crippen LogP contribution in [0, 0.1) is 10.1 Å². The Labute approximate surface area is 121 Å². The lowest BCUT2D eigenvalue weighted by atomic mass is 10.3. The van der Waals surface area contributed by atoms with E-state index in [-0.39, 0.29) is 22.3 Å². The number of non-ortho nitro benzene ring substituents is 1. The Balaban J connectivity index is 2.42. The minimum Gasteiger partial charge on any atom is -0.398 e. The molecule has 1 aromatic carbocycles. The molecule has 0 aliphatic carbocycles. The standard InChI is InChI=1S/C11H15N3O4S2/c1-13(9-4-5-19-7-9)20(17,18)11-6-8(14(15)16)2-3-10(11)12/h2-3,6,9H,4-5,7,12H2,1H3. The van der Waals surface area contributed by atoms with E-state index in [1.807, 2.05) is 0 Å². The molecule has 20 heavy (non-hydrogen) atoms. The van der Waals surface area contributed by atoms with Crippen LogP contribution >= 0.6 is 11.8 Å².